The topological polar surface area (TPSA) is 60.2 Å². The van der Waals surface area contributed by atoms with Crippen LogP contribution in [0, 0.1) is 6.92 Å². The SMILES string of the molecule is Cc1nc(CCNC2CCOC3(CCSCC3)C2)no1. The molecule has 1 N–H and O–H groups in total. The summed E-state index contributed by atoms with van der Waals surface area (Å²) in [5.41, 5.74) is 0.157. The first kappa shape index (κ1) is 14.4. The summed E-state index contributed by atoms with van der Waals surface area (Å²) in [6.07, 6.45) is 5.51. The van der Waals surface area contributed by atoms with Crippen LogP contribution in [0.2, 0.25) is 0 Å². The van der Waals surface area contributed by atoms with Crippen molar-refractivity contribution >= 4 is 11.8 Å². The molecule has 2 aliphatic heterocycles. The van der Waals surface area contributed by atoms with Crippen LogP contribution in [0.15, 0.2) is 4.52 Å². The Morgan fingerprint density at radius 2 is 2.25 bits per heavy atom. The summed E-state index contributed by atoms with van der Waals surface area (Å²) in [7, 11) is 0. The quantitative estimate of drug-likeness (QED) is 0.916. The number of hydrogen-bond donors (Lipinski definition) is 1. The molecule has 1 spiro atoms. The predicted octanol–water partition coefficient (Wildman–Crippen LogP) is 1.95. The van der Waals surface area contributed by atoms with Gasteiger partial charge in [0.15, 0.2) is 5.82 Å². The second kappa shape index (κ2) is 6.45. The minimum Gasteiger partial charge on any atom is -0.375 e. The van der Waals surface area contributed by atoms with E-state index in [1.54, 1.807) is 0 Å². The van der Waals surface area contributed by atoms with Gasteiger partial charge in [-0.3, -0.25) is 0 Å². The molecule has 0 aliphatic carbocycles. The van der Waals surface area contributed by atoms with Crippen LogP contribution >= 0.6 is 11.8 Å². The maximum atomic E-state index is 6.11. The van der Waals surface area contributed by atoms with Gasteiger partial charge in [-0.1, -0.05) is 5.16 Å². The molecule has 5 nitrogen and oxygen atoms in total. The standard InChI is InChI=1S/C14H23N3O2S/c1-11-16-13(17-19-11)2-6-15-12-3-7-18-14(10-12)4-8-20-9-5-14/h12,15H,2-10H2,1H3. The monoisotopic (exact) mass is 297 g/mol. The summed E-state index contributed by atoms with van der Waals surface area (Å²) in [6, 6.07) is 0.569. The van der Waals surface area contributed by atoms with Crippen molar-refractivity contribution in [2.24, 2.45) is 0 Å². The molecule has 1 unspecified atom stereocenters. The highest BCUT2D eigenvalue weighted by Gasteiger charge is 2.38. The molecule has 2 aliphatic rings. The Bertz CT molecular complexity index is 426. The number of rotatable bonds is 4. The van der Waals surface area contributed by atoms with Gasteiger partial charge in [-0.15, -0.1) is 0 Å². The summed E-state index contributed by atoms with van der Waals surface area (Å²) < 4.78 is 11.1. The van der Waals surface area contributed by atoms with Crippen molar-refractivity contribution in [2.75, 3.05) is 24.7 Å². The Balaban J connectivity index is 1.45. The largest absolute Gasteiger partial charge is 0.375 e. The number of nitrogens with zero attached hydrogens (tertiary/aromatic N) is 2. The van der Waals surface area contributed by atoms with Gasteiger partial charge < -0.3 is 14.6 Å². The Morgan fingerprint density at radius 1 is 1.40 bits per heavy atom. The number of hydrogen-bond acceptors (Lipinski definition) is 6. The van der Waals surface area contributed by atoms with E-state index in [4.69, 9.17) is 9.26 Å². The van der Waals surface area contributed by atoms with Crippen LogP contribution in [0.25, 0.3) is 0 Å². The minimum atomic E-state index is 0.157. The molecule has 1 atom stereocenters. The molecule has 2 fully saturated rings. The molecule has 6 heteroatoms. The lowest BCUT2D eigenvalue weighted by molar-refractivity contribution is -0.0930. The molecule has 20 heavy (non-hydrogen) atoms. The lowest BCUT2D eigenvalue weighted by Gasteiger charge is -2.43. The number of thioether (sulfide) groups is 1. The van der Waals surface area contributed by atoms with Crippen LogP contribution in [-0.2, 0) is 11.2 Å². The third-order valence-electron chi connectivity index (χ3n) is 4.25. The molecule has 0 radical (unpaired) electrons. The average Bonchev–Trinajstić information content (AvgIpc) is 2.86. The molecule has 1 aromatic rings. The Labute approximate surface area is 124 Å². The van der Waals surface area contributed by atoms with Gasteiger partial charge in [-0.2, -0.15) is 16.7 Å². The van der Waals surface area contributed by atoms with Gasteiger partial charge in [0.25, 0.3) is 0 Å². The summed E-state index contributed by atoms with van der Waals surface area (Å²) in [6.45, 7) is 3.63. The molecule has 0 amide bonds. The van der Waals surface area contributed by atoms with E-state index < -0.39 is 0 Å². The molecule has 0 bridgehead atoms. The first-order valence-corrected chi connectivity index (χ1v) is 8.66. The maximum absolute atomic E-state index is 6.11. The fourth-order valence-electron chi connectivity index (χ4n) is 3.12. The van der Waals surface area contributed by atoms with Gasteiger partial charge in [0.05, 0.1) is 5.60 Å². The predicted molar refractivity (Wildman–Crippen MR) is 79.0 cm³/mol. The third-order valence-corrected chi connectivity index (χ3v) is 5.23. The van der Waals surface area contributed by atoms with Gasteiger partial charge in [0.1, 0.15) is 0 Å². The minimum absolute atomic E-state index is 0.157. The number of aromatic nitrogens is 2. The molecule has 0 aromatic carbocycles. The lowest BCUT2D eigenvalue weighted by Crippen LogP contribution is -2.49. The molecular formula is C14H23N3O2S. The zero-order chi connectivity index (χ0) is 13.8. The zero-order valence-electron chi connectivity index (χ0n) is 12.1. The van der Waals surface area contributed by atoms with Gasteiger partial charge in [0, 0.05) is 32.5 Å². The highest BCUT2D eigenvalue weighted by Crippen LogP contribution is 2.37. The second-order valence-corrected chi connectivity index (χ2v) is 6.99. The van der Waals surface area contributed by atoms with Gasteiger partial charge in [0.2, 0.25) is 5.89 Å². The van der Waals surface area contributed by atoms with Crippen LogP contribution in [0.5, 0.6) is 0 Å². The Kier molecular flexibility index (Phi) is 4.63. The van der Waals surface area contributed by atoms with Crippen molar-refractivity contribution in [3.05, 3.63) is 11.7 Å². The van der Waals surface area contributed by atoms with Gasteiger partial charge in [-0.05, 0) is 37.2 Å². The molecule has 112 valence electrons. The summed E-state index contributed by atoms with van der Waals surface area (Å²) in [4.78, 5) is 4.23. The fraction of sp³-hybridized carbons (Fsp3) is 0.857. The molecule has 0 saturated carbocycles. The van der Waals surface area contributed by atoms with E-state index in [2.05, 4.69) is 27.2 Å². The van der Waals surface area contributed by atoms with Crippen molar-refractivity contribution in [3.8, 4) is 0 Å². The maximum Gasteiger partial charge on any atom is 0.223 e. The van der Waals surface area contributed by atoms with Crippen LogP contribution in [0.4, 0.5) is 0 Å². The van der Waals surface area contributed by atoms with E-state index in [1.807, 2.05) is 6.92 Å². The summed E-state index contributed by atoms with van der Waals surface area (Å²) in [5, 5.41) is 7.57. The van der Waals surface area contributed by atoms with Crippen molar-refractivity contribution in [3.63, 3.8) is 0 Å². The molecule has 3 heterocycles. The number of nitrogens with one attached hydrogen (secondary N) is 1. The van der Waals surface area contributed by atoms with Crippen LogP contribution in [-0.4, -0.2) is 46.4 Å². The van der Waals surface area contributed by atoms with Crippen LogP contribution in [0.3, 0.4) is 0 Å². The van der Waals surface area contributed by atoms with Crippen LogP contribution in [0.1, 0.15) is 37.4 Å². The van der Waals surface area contributed by atoms with Crippen LogP contribution < -0.4 is 5.32 Å². The molecular weight excluding hydrogens is 274 g/mol. The van der Waals surface area contributed by atoms with E-state index in [-0.39, 0.29) is 5.60 Å². The normalized spacial score (nSPS) is 25.9. The number of ether oxygens (including phenoxy) is 1. The third kappa shape index (κ3) is 3.54. The van der Waals surface area contributed by atoms with Crippen molar-refractivity contribution in [1.82, 2.24) is 15.5 Å². The zero-order valence-corrected chi connectivity index (χ0v) is 12.9. The van der Waals surface area contributed by atoms with Gasteiger partial charge in [-0.25, -0.2) is 0 Å². The fourth-order valence-corrected chi connectivity index (χ4v) is 4.36. The summed E-state index contributed by atoms with van der Waals surface area (Å²) in [5.74, 6) is 3.93. The first-order valence-electron chi connectivity index (χ1n) is 7.50. The van der Waals surface area contributed by atoms with E-state index >= 15 is 0 Å². The highest BCUT2D eigenvalue weighted by molar-refractivity contribution is 7.99. The molecule has 3 rings (SSSR count). The Hall–Kier alpha value is -0.590. The van der Waals surface area contributed by atoms with E-state index in [9.17, 15) is 0 Å². The van der Waals surface area contributed by atoms with E-state index in [0.29, 0.717) is 11.9 Å². The second-order valence-electron chi connectivity index (χ2n) is 5.77. The van der Waals surface area contributed by atoms with E-state index in [0.717, 1.165) is 38.2 Å². The van der Waals surface area contributed by atoms with Crippen molar-refractivity contribution < 1.29 is 9.26 Å². The van der Waals surface area contributed by atoms with Crippen molar-refractivity contribution in [2.45, 2.75) is 50.7 Å². The molecule has 2 saturated heterocycles. The highest BCUT2D eigenvalue weighted by atomic mass is 32.2. The van der Waals surface area contributed by atoms with Gasteiger partial charge >= 0.3 is 0 Å². The lowest BCUT2D eigenvalue weighted by atomic mass is 9.85. The van der Waals surface area contributed by atoms with E-state index in [1.165, 1.54) is 24.3 Å². The molecule has 1 aromatic heterocycles. The average molecular weight is 297 g/mol. The number of aryl methyl sites for hydroxylation is 1. The van der Waals surface area contributed by atoms with Crippen molar-refractivity contribution in [1.29, 1.82) is 0 Å². The Morgan fingerprint density at radius 3 is 3.00 bits per heavy atom. The smallest absolute Gasteiger partial charge is 0.223 e. The summed E-state index contributed by atoms with van der Waals surface area (Å²) >= 11 is 2.05. The first-order chi connectivity index (χ1) is 9.76.